The number of rotatable bonds is 9. The topological polar surface area (TPSA) is 64.4 Å². The molecule has 1 unspecified atom stereocenters. The number of hydrogen-bond acceptors (Lipinski definition) is 3. The molecule has 1 rings (SSSR count). The molecule has 0 aliphatic heterocycles. The molecule has 1 aromatic carbocycles. The van der Waals surface area contributed by atoms with E-state index >= 15 is 0 Å². The molecule has 0 saturated carbocycles. The number of unbranched alkanes of at least 4 members (excludes halogenated alkanes) is 3. The Morgan fingerprint density at radius 2 is 1.75 bits per heavy atom. The Morgan fingerprint density at radius 1 is 1.10 bits per heavy atom. The van der Waals surface area contributed by atoms with Crippen molar-refractivity contribution in [1.82, 2.24) is 0 Å². The summed E-state index contributed by atoms with van der Waals surface area (Å²) in [6.45, 7) is 1.58. The Kier molecular flexibility index (Phi) is 8.86. The predicted molar refractivity (Wildman–Crippen MR) is 89.0 cm³/mol. The minimum absolute atomic E-state index is 0.156. The molecule has 3 nitrogen and oxygen atoms in total. The lowest BCUT2D eigenvalue weighted by Crippen LogP contribution is -2.24. The third-order valence-electron chi connectivity index (χ3n) is 3.04. The van der Waals surface area contributed by atoms with Crippen molar-refractivity contribution < 1.29 is 0 Å². The largest absolute Gasteiger partial charge is 0.330 e. The van der Waals surface area contributed by atoms with Crippen molar-refractivity contribution in [3.05, 3.63) is 33.8 Å². The van der Waals surface area contributed by atoms with Crippen LogP contribution in [0.2, 0.25) is 10.0 Å². The second-order valence-corrected chi connectivity index (χ2v) is 5.64. The van der Waals surface area contributed by atoms with Crippen molar-refractivity contribution in [3.63, 3.8) is 0 Å². The highest BCUT2D eigenvalue weighted by atomic mass is 35.5. The molecule has 0 amide bonds. The first-order valence-electron chi connectivity index (χ1n) is 7.03. The molecular formula is C15H23Cl2N3. The van der Waals surface area contributed by atoms with Crippen LogP contribution in [-0.4, -0.2) is 25.3 Å². The minimum Gasteiger partial charge on any atom is -0.330 e. The third-order valence-corrected chi connectivity index (χ3v) is 3.75. The molecule has 20 heavy (non-hydrogen) atoms. The van der Waals surface area contributed by atoms with Crippen molar-refractivity contribution in [2.45, 2.75) is 38.1 Å². The summed E-state index contributed by atoms with van der Waals surface area (Å²) in [7, 11) is 0. The van der Waals surface area contributed by atoms with Crippen LogP contribution in [0.1, 0.15) is 31.2 Å². The predicted octanol–water partition coefficient (Wildman–Crippen LogP) is 3.45. The first kappa shape index (κ1) is 17.4. The molecule has 4 N–H and O–H groups in total. The van der Waals surface area contributed by atoms with Crippen LogP contribution in [0.25, 0.3) is 0 Å². The van der Waals surface area contributed by atoms with E-state index in [1.807, 2.05) is 18.2 Å². The van der Waals surface area contributed by atoms with Crippen LogP contribution in [0.3, 0.4) is 0 Å². The molecule has 1 atom stereocenters. The van der Waals surface area contributed by atoms with E-state index in [4.69, 9.17) is 34.7 Å². The maximum atomic E-state index is 6.11. The average Bonchev–Trinajstić information content (AvgIpc) is 2.42. The summed E-state index contributed by atoms with van der Waals surface area (Å²) < 4.78 is 0. The van der Waals surface area contributed by atoms with E-state index in [1.165, 1.54) is 12.8 Å². The van der Waals surface area contributed by atoms with Gasteiger partial charge in [-0.15, -0.1) is 0 Å². The Balaban J connectivity index is 2.31. The van der Waals surface area contributed by atoms with Crippen LogP contribution in [0.5, 0.6) is 0 Å². The standard InChI is InChI=1S/C15H23Cl2N3/c16-14-6-5-7-15(17)13(14)10-12(19)11-20-9-4-2-1-3-8-18/h5-7,11-12H,1-4,8-10,18-19H2. The molecule has 1 aromatic rings. The monoisotopic (exact) mass is 315 g/mol. The molecule has 0 fully saturated rings. The summed E-state index contributed by atoms with van der Waals surface area (Å²) in [6.07, 6.45) is 6.91. The quantitative estimate of drug-likeness (QED) is 0.541. The number of halogens is 2. The van der Waals surface area contributed by atoms with E-state index in [9.17, 15) is 0 Å². The number of nitrogens with two attached hydrogens (primary N) is 2. The highest BCUT2D eigenvalue weighted by Gasteiger charge is 2.08. The zero-order valence-electron chi connectivity index (χ0n) is 11.7. The van der Waals surface area contributed by atoms with Gasteiger partial charge in [-0.1, -0.05) is 42.1 Å². The zero-order chi connectivity index (χ0) is 14.8. The SMILES string of the molecule is NCCCCCCN=CC(N)Cc1c(Cl)cccc1Cl. The van der Waals surface area contributed by atoms with Crippen LogP contribution < -0.4 is 11.5 Å². The molecule has 0 spiro atoms. The van der Waals surface area contributed by atoms with E-state index in [2.05, 4.69) is 4.99 Å². The van der Waals surface area contributed by atoms with Gasteiger partial charge in [-0.3, -0.25) is 4.99 Å². The Morgan fingerprint density at radius 3 is 2.40 bits per heavy atom. The molecule has 0 aliphatic rings. The van der Waals surface area contributed by atoms with E-state index in [0.29, 0.717) is 16.5 Å². The smallest absolute Gasteiger partial charge is 0.0453 e. The van der Waals surface area contributed by atoms with Gasteiger partial charge >= 0.3 is 0 Å². The summed E-state index contributed by atoms with van der Waals surface area (Å²) in [5.74, 6) is 0. The van der Waals surface area contributed by atoms with Gasteiger partial charge < -0.3 is 11.5 Å². The Bertz CT molecular complexity index is 401. The fourth-order valence-electron chi connectivity index (χ4n) is 1.93. The zero-order valence-corrected chi connectivity index (χ0v) is 13.2. The van der Waals surface area contributed by atoms with Crippen molar-refractivity contribution >= 4 is 29.4 Å². The van der Waals surface area contributed by atoms with Crippen molar-refractivity contribution in [2.24, 2.45) is 16.5 Å². The number of benzene rings is 1. The molecule has 0 bridgehead atoms. The first-order valence-corrected chi connectivity index (χ1v) is 7.79. The third kappa shape index (κ3) is 6.71. The first-order chi connectivity index (χ1) is 9.65. The van der Waals surface area contributed by atoms with Gasteiger partial charge in [-0.05, 0) is 43.5 Å². The lowest BCUT2D eigenvalue weighted by atomic mass is 10.1. The van der Waals surface area contributed by atoms with Gasteiger partial charge in [0, 0.05) is 28.8 Å². The Labute approximate surface area is 131 Å². The van der Waals surface area contributed by atoms with E-state index in [1.54, 1.807) is 6.21 Å². The average molecular weight is 316 g/mol. The van der Waals surface area contributed by atoms with Crippen LogP contribution in [0.15, 0.2) is 23.2 Å². The van der Waals surface area contributed by atoms with Crippen LogP contribution in [-0.2, 0) is 6.42 Å². The molecule has 0 radical (unpaired) electrons. The number of nitrogens with zero attached hydrogens (tertiary/aromatic N) is 1. The summed E-state index contributed by atoms with van der Waals surface area (Å²) in [5, 5.41) is 1.31. The van der Waals surface area contributed by atoms with Gasteiger partial charge in [0.25, 0.3) is 0 Å². The fraction of sp³-hybridized carbons (Fsp3) is 0.533. The van der Waals surface area contributed by atoms with Crippen LogP contribution in [0.4, 0.5) is 0 Å². The van der Waals surface area contributed by atoms with Gasteiger partial charge in [0.15, 0.2) is 0 Å². The molecular weight excluding hydrogens is 293 g/mol. The molecule has 0 aromatic heterocycles. The molecule has 112 valence electrons. The van der Waals surface area contributed by atoms with Gasteiger partial charge in [-0.2, -0.15) is 0 Å². The normalized spacial score (nSPS) is 13.0. The highest BCUT2D eigenvalue weighted by Crippen LogP contribution is 2.24. The summed E-state index contributed by atoms with van der Waals surface area (Å²) in [6, 6.07) is 5.32. The molecule has 0 heterocycles. The maximum Gasteiger partial charge on any atom is 0.0453 e. The second kappa shape index (κ2) is 10.2. The van der Waals surface area contributed by atoms with Gasteiger partial charge in [0.05, 0.1) is 0 Å². The molecule has 0 aliphatic carbocycles. The van der Waals surface area contributed by atoms with E-state index in [0.717, 1.165) is 31.5 Å². The molecule has 0 saturated heterocycles. The lowest BCUT2D eigenvalue weighted by molar-refractivity contribution is 0.653. The summed E-state index contributed by atoms with van der Waals surface area (Å²) in [5.41, 5.74) is 12.3. The highest BCUT2D eigenvalue weighted by molar-refractivity contribution is 6.36. The van der Waals surface area contributed by atoms with Crippen LogP contribution >= 0.6 is 23.2 Å². The van der Waals surface area contributed by atoms with Gasteiger partial charge in [-0.25, -0.2) is 0 Å². The van der Waals surface area contributed by atoms with Crippen molar-refractivity contribution in [1.29, 1.82) is 0 Å². The van der Waals surface area contributed by atoms with Crippen molar-refractivity contribution in [2.75, 3.05) is 13.1 Å². The van der Waals surface area contributed by atoms with Gasteiger partial charge in [0.2, 0.25) is 0 Å². The lowest BCUT2D eigenvalue weighted by Gasteiger charge is -2.09. The molecule has 5 heteroatoms. The van der Waals surface area contributed by atoms with Crippen LogP contribution in [0, 0.1) is 0 Å². The van der Waals surface area contributed by atoms with Crippen molar-refractivity contribution in [3.8, 4) is 0 Å². The number of hydrogen-bond donors (Lipinski definition) is 2. The van der Waals surface area contributed by atoms with E-state index in [-0.39, 0.29) is 6.04 Å². The number of aliphatic imine (C=N–C) groups is 1. The summed E-state index contributed by atoms with van der Waals surface area (Å²) in [4.78, 5) is 4.36. The second-order valence-electron chi connectivity index (χ2n) is 4.83. The Hall–Kier alpha value is -0.610. The minimum atomic E-state index is -0.156. The van der Waals surface area contributed by atoms with Gasteiger partial charge in [0.1, 0.15) is 0 Å². The van der Waals surface area contributed by atoms with E-state index < -0.39 is 0 Å². The fourth-order valence-corrected chi connectivity index (χ4v) is 2.48. The summed E-state index contributed by atoms with van der Waals surface area (Å²) >= 11 is 12.2. The maximum absolute atomic E-state index is 6.11.